The van der Waals surface area contributed by atoms with Gasteiger partial charge in [-0.25, -0.2) is 10.3 Å². The average molecular weight is 421 g/mol. The number of nitrogens with one attached hydrogen (secondary N) is 1. The van der Waals surface area contributed by atoms with Crippen molar-refractivity contribution in [3.8, 4) is 11.3 Å². The van der Waals surface area contributed by atoms with E-state index in [4.69, 9.17) is 9.57 Å². The lowest BCUT2D eigenvalue weighted by Crippen LogP contribution is -2.33. The number of aryl methyl sites for hydroxylation is 1. The van der Waals surface area contributed by atoms with Gasteiger partial charge in [-0.2, -0.15) is 0 Å². The maximum atomic E-state index is 12.4. The van der Waals surface area contributed by atoms with Crippen molar-refractivity contribution in [3.05, 3.63) is 59.2 Å². The van der Waals surface area contributed by atoms with Crippen molar-refractivity contribution in [3.63, 3.8) is 0 Å². The van der Waals surface area contributed by atoms with Gasteiger partial charge in [0.1, 0.15) is 12.2 Å². The summed E-state index contributed by atoms with van der Waals surface area (Å²) in [7, 11) is 3.72. The van der Waals surface area contributed by atoms with Gasteiger partial charge in [0.15, 0.2) is 0 Å². The van der Waals surface area contributed by atoms with Gasteiger partial charge in [0.2, 0.25) is 0 Å². The van der Waals surface area contributed by atoms with Crippen LogP contribution in [0.15, 0.2) is 42.5 Å². The van der Waals surface area contributed by atoms with E-state index in [-0.39, 0.29) is 12.0 Å². The highest BCUT2D eigenvalue weighted by Crippen LogP contribution is 2.36. The molecule has 0 fully saturated rings. The number of benzene rings is 2. The Morgan fingerprint density at radius 2 is 1.90 bits per heavy atom. The first-order chi connectivity index (χ1) is 14.7. The second-order valence-corrected chi connectivity index (χ2v) is 8.84. The van der Waals surface area contributed by atoms with E-state index in [9.17, 15) is 9.59 Å². The number of amides is 2. The molecule has 4 rings (SSSR count). The van der Waals surface area contributed by atoms with Crippen LogP contribution in [-0.4, -0.2) is 34.1 Å². The van der Waals surface area contributed by atoms with Crippen molar-refractivity contribution in [2.45, 2.75) is 39.5 Å². The summed E-state index contributed by atoms with van der Waals surface area (Å²) >= 11 is 0. The van der Waals surface area contributed by atoms with E-state index in [0.717, 1.165) is 33.3 Å². The molecule has 1 N–H and O–H groups in total. The van der Waals surface area contributed by atoms with Gasteiger partial charge in [-0.3, -0.25) is 9.63 Å². The molecule has 1 aliphatic rings. The molecule has 7 nitrogen and oxygen atoms in total. The molecule has 0 spiro atoms. The molecule has 0 aliphatic carbocycles. The molecular weight excluding hydrogens is 394 g/mol. The molecule has 0 bridgehead atoms. The molecule has 2 aromatic carbocycles. The number of carbonyl (C=O) groups excluding carboxylic acids is 2. The molecule has 0 radical (unpaired) electrons. The molecule has 2 amide bonds. The van der Waals surface area contributed by atoms with Gasteiger partial charge >= 0.3 is 6.09 Å². The number of hydrogen-bond acceptors (Lipinski definition) is 4. The van der Waals surface area contributed by atoms with Crippen LogP contribution in [-0.2, 0) is 29.8 Å². The molecule has 1 aliphatic heterocycles. The predicted octanol–water partition coefficient (Wildman–Crippen LogP) is 4.39. The first-order valence-electron chi connectivity index (χ1n) is 10.2. The van der Waals surface area contributed by atoms with Crippen LogP contribution < -0.4 is 5.48 Å². The summed E-state index contributed by atoms with van der Waals surface area (Å²) in [6.45, 7) is 6.29. The minimum atomic E-state index is -0.527. The van der Waals surface area contributed by atoms with Crippen LogP contribution in [0.2, 0.25) is 0 Å². The van der Waals surface area contributed by atoms with Crippen molar-refractivity contribution in [2.75, 3.05) is 7.05 Å². The quantitative estimate of drug-likeness (QED) is 0.681. The fourth-order valence-corrected chi connectivity index (χ4v) is 3.95. The van der Waals surface area contributed by atoms with Crippen LogP contribution in [0.4, 0.5) is 4.79 Å². The average Bonchev–Trinajstić information content (AvgIpc) is 2.88. The van der Waals surface area contributed by atoms with Crippen molar-refractivity contribution < 1.29 is 19.2 Å². The van der Waals surface area contributed by atoms with Crippen molar-refractivity contribution >= 4 is 22.9 Å². The molecule has 3 aromatic rings. The summed E-state index contributed by atoms with van der Waals surface area (Å²) in [5.74, 6) is -0.234. The Kier molecular flexibility index (Phi) is 5.23. The molecule has 7 heteroatoms. The molecule has 31 heavy (non-hydrogen) atoms. The van der Waals surface area contributed by atoms with Gasteiger partial charge in [-0.1, -0.05) is 30.3 Å². The first kappa shape index (κ1) is 20.9. The zero-order valence-electron chi connectivity index (χ0n) is 18.5. The van der Waals surface area contributed by atoms with E-state index in [1.807, 2.05) is 70.3 Å². The summed E-state index contributed by atoms with van der Waals surface area (Å²) < 4.78 is 7.51. The Hall–Kier alpha value is -3.32. The van der Waals surface area contributed by atoms with Crippen molar-refractivity contribution in [1.82, 2.24) is 14.9 Å². The molecule has 0 unspecified atom stereocenters. The minimum Gasteiger partial charge on any atom is -0.444 e. The fraction of sp³-hybridized carbons (Fsp3) is 0.333. The lowest BCUT2D eigenvalue weighted by Gasteiger charge is -2.24. The van der Waals surface area contributed by atoms with Crippen LogP contribution in [0.25, 0.3) is 22.2 Å². The zero-order chi connectivity index (χ0) is 22.3. The van der Waals surface area contributed by atoms with Crippen molar-refractivity contribution in [1.29, 1.82) is 0 Å². The van der Waals surface area contributed by atoms with Crippen LogP contribution in [0.1, 0.15) is 42.3 Å². The van der Waals surface area contributed by atoms with E-state index in [0.29, 0.717) is 18.7 Å². The molecule has 0 atom stereocenters. The maximum Gasteiger partial charge on any atom is 0.410 e. The zero-order valence-corrected chi connectivity index (χ0v) is 18.5. The van der Waals surface area contributed by atoms with Gasteiger partial charge in [0.25, 0.3) is 5.91 Å². The fourth-order valence-electron chi connectivity index (χ4n) is 3.95. The topological polar surface area (TPSA) is 72.8 Å². The summed E-state index contributed by atoms with van der Waals surface area (Å²) in [4.78, 5) is 31.6. The molecular formula is C24H27N3O4. The predicted molar refractivity (Wildman–Crippen MR) is 118 cm³/mol. The van der Waals surface area contributed by atoms with Gasteiger partial charge in [0, 0.05) is 37.1 Å². The highest BCUT2D eigenvalue weighted by molar-refractivity contribution is 6.09. The van der Waals surface area contributed by atoms with E-state index >= 15 is 0 Å². The highest BCUT2D eigenvalue weighted by atomic mass is 16.7. The summed E-state index contributed by atoms with van der Waals surface area (Å²) in [5.41, 5.74) is 7.56. The number of carbonyl (C=O) groups is 2. The third-order valence-corrected chi connectivity index (χ3v) is 5.31. The number of nitrogens with zero attached hydrogens (tertiary/aromatic N) is 2. The van der Waals surface area contributed by atoms with Crippen LogP contribution >= 0.6 is 0 Å². The largest absolute Gasteiger partial charge is 0.444 e. The number of hydrogen-bond donors (Lipinski definition) is 1. The lowest BCUT2D eigenvalue weighted by molar-refractivity contribution is 0.0255. The Morgan fingerprint density at radius 1 is 1.19 bits per heavy atom. The van der Waals surface area contributed by atoms with E-state index in [1.54, 1.807) is 11.9 Å². The summed E-state index contributed by atoms with van der Waals surface area (Å²) in [6, 6.07) is 13.8. The molecule has 0 saturated carbocycles. The van der Waals surface area contributed by atoms with Crippen LogP contribution in [0.5, 0.6) is 0 Å². The Labute approximate surface area is 181 Å². The summed E-state index contributed by atoms with van der Waals surface area (Å²) in [6.07, 6.45) is -0.354. The number of rotatable bonds is 3. The third-order valence-electron chi connectivity index (χ3n) is 5.31. The van der Waals surface area contributed by atoms with Crippen LogP contribution in [0.3, 0.4) is 0 Å². The second-order valence-electron chi connectivity index (χ2n) is 8.84. The molecule has 162 valence electrons. The van der Waals surface area contributed by atoms with E-state index < -0.39 is 5.60 Å². The highest BCUT2D eigenvalue weighted by Gasteiger charge is 2.25. The molecule has 2 heterocycles. The van der Waals surface area contributed by atoms with E-state index in [1.165, 1.54) is 0 Å². The third kappa shape index (κ3) is 4.01. The summed E-state index contributed by atoms with van der Waals surface area (Å²) in [5, 5.41) is 0.920. The van der Waals surface area contributed by atoms with Gasteiger partial charge in [0.05, 0.1) is 11.3 Å². The Morgan fingerprint density at radius 3 is 2.58 bits per heavy atom. The monoisotopic (exact) mass is 421 g/mol. The lowest BCUT2D eigenvalue weighted by atomic mass is 10.0. The second kappa shape index (κ2) is 7.74. The molecule has 1 aromatic heterocycles. The SMILES string of the molecule is CN(Cc1ccc(-c2c3c4c(cccc4n2C)C(=O)NOC3)cc1)C(=O)OC(C)(C)C. The van der Waals surface area contributed by atoms with E-state index in [2.05, 4.69) is 10.0 Å². The van der Waals surface area contributed by atoms with Gasteiger partial charge < -0.3 is 14.2 Å². The van der Waals surface area contributed by atoms with Gasteiger partial charge in [-0.05, 0) is 44.0 Å². The maximum absolute atomic E-state index is 12.4. The van der Waals surface area contributed by atoms with Gasteiger partial charge in [-0.15, -0.1) is 0 Å². The number of aromatic nitrogens is 1. The smallest absolute Gasteiger partial charge is 0.410 e. The Balaban J connectivity index is 1.65. The first-order valence-corrected chi connectivity index (χ1v) is 10.2. The number of ether oxygens (including phenoxy) is 1. The van der Waals surface area contributed by atoms with Crippen LogP contribution in [0, 0.1) is 0 Å². The number of hydroxylamine groups is 1. The minimum absolute atomic E-state index is 0.234. The molecule has 0 saturated heterocycles. The standard InChI is InChI=1S/C24H27N3O4/c1-24(2,3)31-23(29)26(4)13-15-9-11-16(12-10-15)21-18-14-30-25-22(28)17-7-6-8-19(20(17)18)27(21)5/h6-12H,13-14H2,1-5H3,(H,25,28). The van der Waals surface area contributed by atoms with Crippen molar-refractivity contribution in [2.24, 2.45) is 7.05 Å². The Bertz CT molecular complexity index is 1160. The normalized spacial score (nSPS) is 13.6.